The van der Waals surface area contributed by atoms with Gasteiger partial charge < -0.3 is 38.6 Å². The molecule has 0 spiro atoms. The van der Waals surface area contributed by atoms with Gasteiger partial charge in [-0.2, -0.15) is 0 Å². The second kappa shape index (κ2) is 7.81. The van der Waals surface area contributed by atoms with Gasteiger partial charge in [0.05, 0.1) is 28.4 Å². The summed E-state index contributed by atoms with van der Waals surface area (Å²) in [6, 6.07) is 6.69. The van der Waals surface area contributed by atoms with E-state index in [-0.39, 0.29) is 24.0 Å². The summed E-state index contributed by atoms with van der Waals surface area (Å²) in [6.45, 7) is 0.0260. The van der Waals surface area contributed by atoms with Crippen LogP contribution in [0.3, 0.4) is 0 Å². The van der Waals surface area contributed by atoms with Crippen LogP contribution in [-0.4, -0.2) is 45.4 Å². The Bertz CT molecular complexity index is 795. The van der Waals surface area contributed by atoms with Crippen molar-refractivity contribution < 1.29 is 38.6 Å². The fourth-order valence-corrected chi connectivity index (χ4v) is 3.12. The van der Waals surface area contributed by atoms with Crippen molar-refractivity contribution >= 4 is 0 Å². The number of ether oxygens (including phenoxy) is 6. The number of phenolic OH excluding ortho intramolecular Hbond substituents is 2. The molecule has 0 aliphatic carbocycles. The van der Waals surface area contributed by atoms with Gasteiger partial charge in [0, 0.05) is 5.56 Å². The average Bonchev–Trinajstić information content (AvgIpc) is 3.18. The van der Waals surface area contributed by atoms with E-state index in [0.29, 0.717) is 28.4 Å². The Morgan fingerprint density at radius 3 is 1.93 bits per heavy atom. The summed E-state index contributed by atoms with van der Waals surface area (Å²) in [6.07, 6.45) is -1.21. The van der Waals surface area contributed by atoms with Crippen molar-refractivity contribution in [3.8, 4) is 34.5 Å². The Morgan fingerprint density at radius 2 is 1.37 bits per heavy atom. The van der Waals surface area contributed by atoms with E-state index in [4.69, 9.17) is 28.4 Å². The molecule has 146 valence electrons. The van der Waals surface area contributed by atoms with Gasteiger partial charge in [-0.1, -0.05) is 0 Å². The van der Waals surface area contributed by atoms with E-state index in [1.165, 1.54) is 28.4 Å². The van der Waals surface area contributed by atoms with Crippen LogP contribution in [0.25, 0.3) is 0 Å². The van der Waals surface area contributed by atoms with E-state index in [2.05, 4.69) is 0 Å². The molecular weight excluding hydrogens is 356 g/mol. The third kappa shape index (κ3) is 3.29. The fraction of sp³-hybridized carbons (Fsp3) is 0.368. The van der Waals surface area contributed by atoms with E-state index >= 15 is 0 Å². The minimum atomic E-state index is -0.649. The predicted octanol–water partition coefficient (Wildman–Crippen LogP) is 2.92. The maximum Gasteiger partial charge on any atom is 0.203 e. The molecule has 0 bridgehead atoms. The zero-order chi connectivity index (χ0) is 19.6. The molecule has 1 saturated heterocycles. The monoisotopic (exact) mass is 378 g/mol. The first kappa shape index (κ1) is 18.9. The summed E-state index contributed by atoms with van der Waals surface area (Å²) in [5.41, 5.74) is 1.09. The van der Waals surface area contributed by atoms with Crippen molar-refractivity contribution in [3.05, 3.63) is 35.4 Å². The molecule has 0 saturated carbocycles. The molecule has 2 aromatic rings. The molecule has 2 atom stereocenters. The molecule has 8 heteroatoms. The number of rotatable bonds is 6. The lowest BCUT2D eigenvalue weighted by Gasteiger charge is -2.21. The van der Waals surface area contributed by atoms with E-state index in [9.17, 15) is 10.2 Å². The van der Waals surface area contributed by atoms with E-state index in [1.54, 1.807) is 24.3 Å². The Morgan fingerprint density at radius 1 is 0.778 bits per heavy atom. The van der Waals surface area contributed by atoms with Gasteiger partial charge >= 0.3 is 0 Å². The van der Waals surface area contributed by atoms with E-state index in [1.807, 2.05) is 0 Å². The van der Waals surface area contributed by atoms with E-state index in [0.717, 1.165) is 0 Å². The van der Waals surface area contributed by atoms with Crippen molar-refractivity contribution in [2.24, 2.45) is 0 Å². The normalized spacial score (nSPS) is 19.0. The second-order valence-electron chi connectivity index (χ2n) is 5.81. The molecule has 3 rings (SSSR count). The Labute approximate surface area is 156 Å². The summed E-state index contributed by atoms with van der Waals surface area (Å²) >= 11 is 0. The van der Waals surface area contributed by atoms with Gasteiger partial charge in [0.25, 0.3) is 0 Å². The minimum Gasteiger partial charge on any atom is -0.504 e. The molecule has 0 unspecified atom stereocenters. The van der Waals surface area contributed by atoms with Crippen molar-refractivity contribution in [1.82, 2.24) is 0 Å². The molecule has 0 radical (unpaired) electrons. The summed E-state index contributed by atoms with van der Waals surface area (Å²) in [4.78, 5) is 0. The quantitative estimate of drug-likeness (QED) is 0.741. The van der Waals surface area contributed by atoms with Crippen molar-refractivity contribution in [2.75, 3.05) is 35.2 Å². The molecule has 1 heterocycles. The summed E-state index contributed by atoms with van der Waals surface area (Å²) in [5, 5.41) is 20.5. The van der Waals surface area contributed by atoms with Gasteiger partial charge in [0.1, 0.15) is 19.0 Å². The number of hydrogen-bond acceptors (Lipinski definition) is 8. The highest BCUT2D eigenvalue weighted by molar-refractivity contribution is 5.57. The van der Waals surface area contributed by atoms with Crippen LogP contribution in [0.15, 0.2) is 24.3 Å². The van der Waals surface area contributed by atoms with Crippen molar-refractivity contribution in [1.29, 1.82) is 0 Å². The Kier molecular flexibility index (Phi) is 5.48. The molecule has 8 nitrogen and oxygen atoms in total. The standard InChI is InChI=1S/C19H22O8/c1-22-12-6-5-11(15(20)16(12)21)18-17(26-9-27-18)10-7-13(23-2)19(25-4)14(8-10)24-3/h5-8,17-18,20-21H,9H2,1-4H3/t17-,18-/m0/s1. The van der Waals surface area contributed by atoms with Crippen LogP contribution in [0.5, 0.6) is 34.5 Å². The number of benzene rings is 2. The maximum atomic E-state index is 10.4. The van der Waals surface area contributed by atoms with Crippen LogP contribution in [0, 0.1) is 0 Å². The molecule has 0 aromatic heterocycles. The summed E-state index contributed by atoms with van der Waals surface area (Å²) in [5.74, 6) is 0.908. The largest absolute Gasteiger partial charge is 0.504 e. The number of aromatic hydroxyl groups is 2. The predicted molar refractivity (Wildman–Crippen MR) is 94.9 cm³/mol. The zero-order valence-electron chi connectivity index (χ0n) is 15.5. The van der Waals surface area contributed by atoms with Crippen LogP contribution in [0.1, 0.15) is 23.3 Å². The van der Waals surface area contributed by atoms with Crippen molar-refractivity contribution in [3.63, 3.8) is 0 Å². The van der Waals surface area contributed by atoms with Crippen LogP contribution >= 0.6 is 0 Å². The molecule has 27 heavy (non-hydrogen) atoms. The lowest BCUT2D eigenvalue weighted by molar-refractivity contribution is 0.0378. The van der Waals surface area contributed by atoms with Gasteiger partial charge in [0.2, 0.25) is 11.5 Å². The third-order valence-corrected chi connectivity index (χ3v) is 4.46. The first-order valence-electron chi connectivity index (χ1n) is 8.17. The van der Waals surface area contributed by atoms with Crippen LogP contribution in [0.4, 0.5) is 0 Å². The molecule has 1 aliphatic rings. The lowest BCUT2D eigenvalue weighted by atomic mass is 9.96. The molecule has 0 amide bonds. The van der Waals surface area contributed by atoms with Gasteiger partial charge in [-0.15, -0.1) is 0 Å². The average molecular weight is 378 g/mol. The number of hydrogen-bond donors (Lipinski definition) is 2. The molecule has 1 fully saturated rings. The smallest absolute Gasteiger partial charge is 0.203 e. The van der Waals surface area contributed by atoms with Crippen molar-refractivity contribution in [2.45, 2.75) is 12.2 Å². The molecular formula is C19H22O8. The first-order valence-corrected chi connectivity index (χ1v) is 8.17. The van der Waals surface area contributed by atoms with E-state index < -0.39 is 12.2 Å². The summed E-state index contributed by atoms with van der Waals surface area (Å²) in [7, 11) is 5.98. The second-order valence-corrected chi connectivity index (χ2v) is 5.81. The zero-order valence-corrected chi connectivity index (χ0v) is 15.5. The summed E-state index contributed by atoms with van der Waals surface area (Å²) < 4.78 is 32.5. The molecule has 2 N–H and O–H groups in total. The highest BCUT2D eigenvalue weighted by Crippen LogP contribution is 2.50. The third-order valence-electron chi connectivity index (χ3n) is 4.46. The van der Waals surface area contributed by atoms with Crippen LogP contribution < -0.4 is 18.9 Å². The Hall–Kier alpha value is -2.84. The van der Waals surface area contributed by atoms with Crippen LogP contribution in [0.2, 0.25) is 0 Å². The fourth-order valence-electron chi connectivity index (χ4n) is 3.12. The highest BCUT2D eigenvalue weighted by atomic mass is 16.7. The van der Waals surface area contributed by atoms with Gasteiger partial charge in [0.15, 0.2) is 23.0 Å². The minimum absolute atomic E-state index is 0.0260. The maximum absolute atomic E-state index is 10.4. The lowest BCUT2D eigenvalue weighted by Crippen LogP contribution is -2.09. The van der Waals surface area contributed by atoms with Gasteiger partial charge in [-0.25, -0.2) is 0 Å². The molecule has 1 aliphatic heterocycles. The topological polar surface area (TPSA) is 95.8 Å². The highest BCUT2D eigenvalue weighted by Gasteiger charge is 2.36. The van der Waals surface area contributed by atoms with Gasteiger partial charge in [-0.05, 0) is 29.8 Å². The Balaban J connectivity index is 2.04. The number of methoxy groups -OCH3 is 4. The number of phenols is 2. The molecule has 2 aromatic carbocycles. The first-order chi connectivity index (χ1) is 13.0. The van der Waals surface area contributed by atoms with Crippen LogP contribution in [-0.2, 0) is 9.47 Å². The SMILES string of the molecule is COc1ccc([C@@H]2OCO[C@H]2c2cc(OC)c(OC)c(OC)c2)c(O)c1O. The van der Waals surface area contributed by atoms with Gasteiger partial charge in [-0.3, -0.25) is 0 Å².